The fourth-order valence-corrected chi connectivity index (χ4v) is 2.73. The molecule has 0 fully saturated rings. The lowest BCUT2D eigenvalue weighted by atomic mass is 10.2. The molecule has 3 rings (SSSR count). The molecule has 0 spiro atoms. The van der Waals surface area contributed by atoms with Crippen molar-refractivity contribution in [2.45, 2.75) is 13.1 Å². The average molecular weight is 355 g/mol. The molecule has 3 nitrogen and oxygen atoms in total. The normalized spacial score (nSPS) is 12.7. The van der Waals surface area contributed by atoms with Gasteiger partial charge in [0.15, 0.2) is 11.5 Å². The quantitative estimate of drug-likeness (QED) is 0.896. The van der Waals surface area contributed by atoms with E-state index in [1.807, 2.05) is 36.4 Å². The first-order valence-electron chi connectivity index (χ1n) is 6.26. The maximum absolute atomic E-state index is 6.13. The van der Waals surface area contributed by atoms with Crippen molar-refractivity contribution in [3.8, 4) is 11.5 Å². The van der Waals surface area contributed by atoms with Gasteiger partial charge in [-0.25, -0.2) is 0 Å². The standard InChI is InChI=1S/C15H13BrClNO2/c16-12-6-15-14(19-9-20-15)5-11(12)8-18-7-10-3-1-2-4-13(10)17/h1-6,18H,7-9H2. The van der Waals surface area contributed by atoms with Crippen LogP contribution in [0.3, 0.4) is 0 Å². The van der Waals surface area contributed by atoms with Crippen molar-refractivity contribution < 1.29 is 9.47 Å². The van der Waals surface area contributed by atoms with Crippen LogP contribution >= 0.6 is 27.5 Å². The molecular formula is C15H13BrClNO2. The Bertz CT molecular complexity index is 633. The average Bonchev–Trinajstić information content (AvgIpc) is 2.88. The molecule has 0 amide bonds. The highest BCUT2D eigenvalue weighted by molar-refractivity contribution is 9.10. The Balaban J connectivity index is 1.66. The highest BCUT2D eigenvalue weighted by atomic mass is 79.9. The number of rotatable bonds is 4. The second-order valence-electron chi connectivity index (χ2n) is 4.49. The Hall–Kier alpha value is -1.23. The molecule has 1 heterocycles. The van der Waals surface area contributed by atoms with E-state index in [0.29, 0.717) is 0 Å². The molecule has 0 saturated carbocycles. The monoisotopic (exact) mass is 353 g/mol. The Morgan fingerprint density at radius 3 is 2.55 bits per heavy atom. The van der Waals surface area contributed by atoms with Gasteiger partial charge in [0.2, 0.25) is 6.79 Å². The number of ether oxygens (including phenoxy) is 2. The van der Waals surface area contributed by atoms with Crippen molar-refractivity contribution in [2.24, 2.45) is 0 Å². The first-order valence-corrected chi connectivity index (χ1v) is 7.43. The van der Waals surface area contributed by atoms with Crippen molar-refractivity contribution >= 4 is 27.5 Å². The summed E-state index contributed by atoms with van der Waals surface area (Å²) < 4.78 is 11.7. The SMILES string of the molecule is Clc1ccccc1CNCc1cc2c(cc1Br)OCO2. The molecule has 0 unspecified atom stereocenters. The predicted molar refractivity (Wildman–Crippen MR) is 82.3 cm³/mol. The molecule has 2 aromatic rings. The van der Waals surface area contributed by atoms with Crippen LogP contribution in [-0.4, -0.2) is 6.79 Å². The van der Waals surface area contributed by atoms with Gasteiger partial charge in [0, 0.05) is 22.6 Å². The van der Waals surface area contributed by atoms with Gasteiger partial charge in [-0.3, -0.25) is 0 Å². The van der Waals surface area contributed by atoms with Crippen molar-refractivity contribution in [2.75, 3.05) is 6.79 Å². The third kappa shape index (κ3) is 2.92. The molecular weight excluding hydrogens is 342 g/mol. The minimum atomic E-state index is 0.290. The summed E-state index contributed by atoms with van der Waals surface area (Å²) in [5.41, 5.74) is 2.22. The zero-order valence-electron chi connectivity index (χ0n) is 10.7. The van der Waals surface area contributed by atoms with Gasteiger partial charge in [0.05, 0.1) is 0 Å². The molecule has 1 aliphatic rings. The largest absolute Gasteiger partial charge is 0.454 e. The lowest BCUT2D eigenvalue weighted by molar-refractivity contribution is 0.174. The maximum atomic E-state index is 6.13. The van der Waals surface area contributed by atoms with Crippen LogP contribution in [0.5, 0.6) is 11.5 Å². The summed E-state index contributed by atoms with van der Waals surface area (Å²) in [4.78, 5) is 0. The van der Waals surface area contributed by atoms with E-state index < -0.39 is 0 Å². The van der Waals surface area contributed by atoms with Gasteiger partial charge in [0.25, 0.3) is 0 Å². The Morgan fingerprint density at radius 1 is 1.05 bits per heavy atom. The molecule has 104 valence electrons. The first kappa shape index (κ1) is 13.7. The van der Waals surface area contributed by atoms with Crippen LogP contribution in [0.2, 0.25) is 5.02 Å². The Morgan fingerprint density at radius 2 is 1.75 bits per heavy atom. The van der Waals surface area contributed by atoms with Gasteiger partial charge in [-0.05, 0) is 29.3 Å². The molecule has 0 radical (unpaired) electrons. The molecule has 0 atom stereocenters. The fourth-order valence-electron chi connectivity index (χ4n) is 2.07. The zero-order chi connectivity index (χ0) is 13.9. The first-order chi connectivity index (χ1) is 9.74. The molecule has 1 aliphatic heterocycles. The van der Waals surface area contributed by atoms with Gasteiger partial charge < -0.3 is 14.8 Å². The van der Waals surface area contributed by atoms with E-state index in [4.69, 9.17) is 21.1 Å². The summed E-state index contributed by atoms with van der Waals surface area (Å²) >= 11 is 9.68. The topological polar surface area (TPSA) is 30.5 Å². The molecule has 5 heteroatoms. The van der Waals surface area contributed by atoms with Crippen LogP contribution in [0.4, 0.5) is 0 Å². The highest BCUT2D eigenvalue weighted by Gasteiger charge is 2.16. The number of hydrogen-bond donors (Lipinski definition) is 1. The van der Waals surface area contributed by atoms with E-state index in [9.17, 15) is 0 Å². The van der Waals surface area contributed by atoms with Crippen molar-refractivity contribution in [1.82, 2.24) is 5.32 Å². The van der Waals surface area contributed by atoms with Crippen molar-refractivity contribution in [1.29, 1.82) is 0 Å². The summed E-state index contributed by atoms with van der Waals surface area (Å²) in [7, 11) is 0. The molecule has 0 saturated heterocycles. The van der Waals surface area contributed by atoms with Gasteiger partial charge in [-0.1, -0.05) is 45.7 Å². The number of hydrogen-bond acceptors (Lipinski definition) is 3. The molecule has 0 bridgehead atoms. The van der Waals surface area contributed by atoms with Crippen LogP contribution in [0.25, 0.3) is 0 Å². The summed E-state index contributed by atoms with van der Waals surface area (Å²) in [6.07, 6.45) is 0. The Labute approximate surface area is 131 Å². The van der Waals surface area contributed by atoms with E-state index in [2.05, 4.69) is 21.2 Å². The van der Waals surface area contributed by atoms with Crippen molar-refractivity contribution in [3.05, 3.63) is 57.0 Å². The molecule has 20 heavy (non-hydrogen) atoms. The summed E-state index contributed by atoms with van der Waals surface area (Å²) in [5, 5.41) is 4.16. The molecule has 1 N–H and O–H groups in total. The number of benzene rings is 2. The summed E-state index contributed by atoms with van der Waals surface area (Å²) in [6.45, 7) is 1.74. The maximum Gasteiger partial charge on any atom is 0.231 e. The van der Waals surface area contributed by atoms with E-state index in [0.717, 1.165) is 45.2 Å². The van der Waals surface area contributed by atoms with E-state index in [1.54, 1.807) is 0 Å². The van der Waals surface area contributed by atoms with Crippen LogP contribution in [0.1, 0.15) is 11.1 Å². The highest BCUT2D eigenvalue weighted by Crippen LogP contribution is 2.36. The molecule has 2 aromatic carbocycles. The van der Waals surface area contributed by atoms with E-state index in [1.165, 1.54) is 0 Å². The smallest absolute Gasteiger partial charge is 0.231 e. The third-order valence-corrected chi connectivity index (χ3v) is 4.24. The van der Waals surface area contributed by atoms with Gasteiger partial charge in [0.1, 0.15) is 0 Å². The second kappa shape index (κ2) is 6.04. The number of fused-ring (bicyclic) bond motifs is 1. The lowest BCUT2D eigenvalue weighted by Crippen LogP contribution is -2.13. The minimum Gasteiger partial charge on any atom is -0.454 e. The molecule has 0 aromatic heterocycles. The summed E-state index contributed by atoms with van der Waals surface area (Å²) in [5.74, 6) is 1.58. The minimum absolute atomic E-state index is 0.290. The Kier molecular flexibility index (Phi) is 4.15. The van der Waals surface area contributed by atoms with Gasteiger partial charge in [-0.2, -0.15) is 0 Å². The van der Waals surface area contributed by atoms with Crippen LogP contribution in [0.15, 0.2) is 40.9 Å². The van der Waals surface area contributed by atoms with Crippen LogP contribution in [0, 0.1) is 0 Å². The summed E-state index contributed by atoms with van der Waals surface area (Å²) in [6, 6.07) is 11.8. The predicted octanol–water partition coefficient (Wildman–Crippen LogP) is 4.12. The van der Waals surface area contributed by atoms with Crippen LogP contribution < -0.4 is 14.8 Å². The van der Waals surface area contributed by atoms with E-state index >= 15 is 0 Å². The fraction of sp³-hybridized carbons (Fsp3) is 0.200. The van der Waals surface area contributed by atoms with E-state index in [-0.39, 0.29) is 6.79 Å². The lowest BCUT2D eigenvalue weighted by Gasteiger charge is -2.09. The van der Waals surface area contributed by atoms with Gasteiger partial charge in [-0.15, -0.1) is 0 Å². The number of nitrogens with one attached hydrogen (secondary N) is 1. The second-order valence-corrected chi connectivity index (χ2v) is 5.75. The van der Waals surface area contributed by atoms with Crippen molar-refractivity contribution in [3.63, 3.8) is 0 Å². The number of halogens is 2. The third-order valence-electron chi connectivity index (χ3n) is 3.13. The van der Waals surface area contributed by atoms with Crippen LogP contribution in [-0.2, 0) is 13.1 Å². The van der Waals surface area contributed by atoms with Gasteiger partial charge >= 0.3 is 0 Å². The zero-order valence-corrected chi connectivity index (χ0v) is 13.0. The molecule has 0 aliphatic carbocycles.